The smallest absolute Gasteiger partial charge is 0.272 e. The Balaban J connectivity index is 0.00000208. The van der Waals surface area contributed by atoms with E-state index >= 15 is 0 Å². The molecule has 6 heteroatoms. The molecule has 1 aromatic carbocycles. The van der Waals surface area contributed by atoms with Crippen LogP contribution in [0.25, 0.3) is 0 Å². The number of hydrogen-bond acceptors (Lipinski definition) is 3. The lowest BCUT2D eigenvalue weighted by Crippen LogP contribution is -2.41. The number of fused-ring (bicyclic) bond motifs is 1. The van der Waals surface area contributed by atoms with Crippen LogP contribution in [0.3, 0.4) is 0 Å². The molecule has 5 nitrogen and oxygen atoms in total. The predicted molar refractivity (Wildman–Crippen MR) is 97.6 cm³/mol. The predicted octanol–water partition coefficient (Wildman–Crippen LogP) is 2.70. The molecule has 2 aromatic rings. The molecule has 0 spiro atoms. The number of nitrogens with zero attached hydrogens (tertiary/aromatic N) is 1. The zero-order valence-corrected chi connectivity index (χ0v) is 15.2. The van der Waals surface area contributed by atoms with Crippen LogP contribution in [0.5, 0.6) is 0 Å². The van der Waals surface area contributed by atoms with Gasteiger partial charge in [0, 0.05) is 30.8 Å². The lowest BCUT2D eigenvalue weighted by molar-refractivity contribution is 0.0905. The van der Waals surface area contributed by atoms with Gasteiger partial charge in [-0.25, -0.2) is 0 Å². The monoisotopic (exact) mass is 348 g/mol. The fraction of sp³-hybridized carbons (Fsp3) is 0.444. The van der Waals surface area contributed by atoms with Crippen molar-refractivity contribution in [3.05, 3.63) is 52.3 Å². The van der Waals surface area contributed by atoms with Gasteiger partial charge in [-0.1, -0.05) is 31.2 Å². The van der Waals surface area contributed by atoms with Gasteiger partial charge in [0.15, 0.2) is 5.69 Å². The molecule has 0 fully saturated rings. The normalized spacial score (nSPS) is 13.8. The summed E-state index contributed by atoms with van der Waals surface area (Å²) in [6, 6.07) is 8.40. The van der Waals surface area contributed by atoms with Crippen molar-refractivity contribution < 1.29 is 4.79 Å². The fourth-order valence-electron chi connectivity index (χ4n) is 2.99. The van der Waals surface area contributed by atoms with Crippen LogP contribution in [0.2, 0.25) is 0 Å². The Hall–Kier alpha value is -1.85. The Morgan fingerprint density at radius 1 is 1.29 bits per heavy atom. The van der Waals surface area contributed by atoms with Crippen molar-refractivity contribution in [2.45, 2.75) is 45.7 Å². The molecule has 0 aliphatic carbocycles. The van der Waals surface area contributed by atoms with Crippen LogP contribution in [0, 0.1) is 0 Å². The molecule has 1 aliphatic heterocycles. The second-order valence-electron chi connectivity index (χ2n) is 6.59. The third-order valence-electron chi connectivity index (χ3n) is 4.53. The van der Waals surface area contributed by atoms with Gasteiger partial charge in [-0.3, -0.25) is 9.89 Å². The third-order valence-corrected chi connectivity index (χ3v) is 4.53. The van der Waals surface area contributed by atoms with Crippen LogP contribution in [0.15, 0.2) is 24.3 Å². The van der Waals surface area contributed by atoms with Crippen molar-refractivity contribution in [3.63, 3.8) is 0 Å². The first-order valence-electron chi connectivity index (χ1n) is 8.20. The zero-order chi connectivity index (χ0) is 16.4. The van der Waals surface area contributed by atoms with E-state index in [0.29, 0.717) is 12.2 Å². The van der Waals surface area contributed by atoms with Gasteiger partial charge in [0.2, 0.25) is 0 Å². The second kappa shape index (κ2) is 7.36. The highest BCUT2D eigenvalue weighted by molar-refractivity contribution is 5.94. The van der Waals surface area contributed by atoms with E-state index in [1.165, 1.54) is 5.56 Å². The first-order chi connectivity index (χ1) is 11.0. The minimum atomic E-state index is -0.447. The molecule has 0 saturated heterocycles. The van der Waals surface area contributed by atoms with Crippen molar-refractivity contribution in [1.82, 2.24) is 20.8 Å². The number of halogens is 1. The highest BCUT2D eigenvalue weighted by atomic mass is 35.5. The topological polar surface area (TPSA) is 69.8 Å². The number of benzene rings is 1. The quantitative estimate of drug-likeness (QED) is 0.795. The Morgan fingerprint density at radius 3 is 2.67 bits per heavy atom. The second-order valence-corrected chi connectivity index (χ2v) is 6.59. The van der Waals surface area contributed by atoms with Crippen LogP contribution in [-0.2, 0) is 24.9 Å². The average molecular weight is 349 g/mol. The Labute approximate surface area is 149 Å². The van der Waals surface area contributed by atoms with Gasteiger partial charge >= 0.3 is 0 Å². The summed E-state index contributed by atoms with van der Waals surface area (Å²) >= 11 is 0. The number of H-pyrrole nitrogens is 1. The maximum atomic E-state index is 12.7. The number of aryl methyl sites for hydroxylation is 1. The third kappa shape index (κ3) is 3.62. The molecule has 2 heterocycles. The van der Waals surface area contributed by atoms with Crippen LogP contribution < -0.4 is 10.6 Å². The molecule has 3 N–H and O–H groups in total. The summed E-state index contributed by atoms with van der Waals surface area (Å²) in [6.07, 6.45) is 1.90. The summed E-state index contributed by atoms with van der Waals surface area (Å²) in [5.41, 5.74) is 4.50. The van der Waals surface area contributed by atoms with E-state index in [2.05, 4.69) is 52.0 Å². The van der Waals surface area contributed by atoms with Crippen molar-refractivity contribution in [3.8, 4) is 0 Å². The van der Waals surface area contributed by atoms with Gasteiger partial charge < -0.3 is 10.6 Å². The summed E-state index contributed by atoms with van der Waals surface area (Å²) in [4.78, 5) is 12.7. The van der Waals surface area contributed by atoms with Crippen LogP contribution in [0.1, 0.15) is 53.6 Å². The van der Waals surface area contributed by atoms with E-state index in [1.54, 1.807) is 0 Å². The minimum absolute atomic E-state index is 0. The molecular weight excluding hydrogens is 324 g/mol. The van der Waals surface area contributed by atoms with Gasteiger partial charge in [0.25, 0.3) is 5.91 Å². The Kier molecular flexibility index (Phi) is 5.67. The van der Waals surface area contributed by atoms with Gasteiger partial charge in [-0.05, 0) is 31.4 Å². The number of hydrogen-bond donors (Lipinski definition) is 3. The average Bonchev–Trinajstić information content (AvgIpc) is 2.98. The largest absolute Gasteiger partial charge is 0.342 e. The number of rotatable bonds is 4. The van der Waals surface area contributed by atoms with E-state index in [-0.39, 0.29) is 18.3 Å². The number of aromatic nitrogens is 2. The van der Waals surface area contributed by atoms with Gasteiger partial charge in [-0.15, -0.1) is 12.4 Å². The molecular formula is C18H25ClN4O. The molecule has 1 aromatic heterocycles. The lowest BCUT2D eigenvalue weighted by atomic mass is 9.92. The Morgan fingerprint density at radius 2 is 2.00 bits per heavy atom. The molecule has 130 valence electrons. The molecule has 3 rings (SSSR count). The number of carbonyl (C=O) groups is 1. The zero-order valence-electron chi connectivity index (χ0n) is 14.4. The molecule has 0 unspecified atom stereocenters. The van der Waals surface area contributed by atoms with Crippen molar-refractivity contribution in [2.75, 3.05) is 6.54 Å². The van der Waals surface area contributed by atoms with Crippen LogP contribution >= 0.6 is 12.4 Å². The summed E-state index contributed by atoms with van der Waals surface area (Å²) < 4.78 is 0. The van der Waals surface area contributed by atoms with E-state index in [0.717, 1.165) is 36.2 Å². The highest BCUT2D eigenvalue weighted by Gasteiger charge is 2.27. The van der Waals surface area contributed by atoms with Gasteiger partial charge in [0.1, 0.15) is 0 Å². The maximum absolute atomic E-state index is 12.7. The van der Waals surface area contributed by atoms with Gasteiger partial charge in [0.05, 0.1) is 5.54 Å². The summed E-state index contributed by atoms with van der Waals surface area (Å²) in [7, 11) is 0. The first-order valence-corrected chi connectivity index (χ1v) is 8.20. The maximum Gasteiger partial charge on any atom is 0.272 e. The van der Waals surface area contributed by atoms with E-state index in [9.17, 15) is 4.79 Å². The summed E-state index contributed by atoms with van der Waals surface area (Å²) in [6.45, 7) is 7.79. The highest BCUT2D eigenvalue weighted by Crippen LogP contribution is 2.22. The van der Waals surface area contributed by atoms with E-state index in [4.69, 9.17) is 0 Å². The first kappa shape index (κ1) is 18.5. The molecule has 0 bridgehead atoms. The summed E-state index contributed by atoms with van der Waals surface area (Å²) in [5, 5.41) is 13.6. The molecule has 0 radical (unpaired) electrons. The lowest BCUT2D eigenvalue weighted by Gasteiger charge is -2.27. The SMILES string of the molecule is CCc1ccc(C(C)(C)NC(=O)c2n[nH]c3c2CNCC3)cc1.Cl. The number of carbonyl (C=O) groups excluding carboxylic acids is 1. The standard InChI is InChI=1S/C18H24N4O.ClH/c1-4-12-5-7-13(8-6-12)18(2,3)20-17(23)16-14-11-19-10-9-15(14)21-22-16;/h5-8,19H,4,9-11H2,1-3H3,(H,20,23)(H,21,22);1H. The van der Waals surface area contributed by atoms with Crippen molar-refractivity contribution in [1.29, 1.82) is 0 Å². The van der Waals surface area contributed by atoms with Crippen molar-refractivity contribution >= 4 is 18.3 Å². The summed E-state index contributed by atoms with van der Waals surface area (Å²) in [5.74, 6) is -0.129. The van der Waals surface area contributed by atoms with Crippen LogP contribution in [0.4, 0.5) is 0 Å². The number of amides is 1. The van der Waals surface area contributed by atoms with E-state index in [1.807, 2.05) is 13.8 Å². The molecule has 24 heavy (non-hydrogen) atoms. The van der Waals surface area contributed by atoms with Crippen molar-refractivity contribution in [2.24, 2.45) is 0 Å². The molecule has 1 amide bonds. The number of nitrogens with one attached hydrogen (secondary N) is 3. The fourth-order valence-corrected chi connectivity index (χ4v) is 2.99. The Bertz CT molecular complexity index is 706. The molecule has 0 saturated carbocycles. The van der Waals surface area contributed by atoms with Crippen LogP contribution in [-0.4, -0.2) is 22.6 Å². The van der Waals surface area contributed by atoms with Gasteiger partial charge in [-0.2, -0.15) is 5.10 Å². The minimum Gasteiger partial charge on any atom is -0.342 e. The molecule has 1 aliphatic rings. The van der Waals surface area contributed by atoms with E-state index < -0.39 is 5.54 Å². The number of aromatic amines is 1. The molecule has 0 atom stereocenters.